The molecule has 120 valence electrons. The van der Waals surface area contributed by atoms with Gasteiger partial charge in [0.05, 0.1) is 5.02 Å². The first-order valence-electron chi connectivity index (χ1n) is 7.92. The van der Waals surface area contributed by atoms with Crippen molar-refractivity contribution in [1.82, 2.24) is 15.2 Å². The van der Waals surface area contributed by atoms with Crippen LogP contribution in [0.25, 0.3) is 0 Å². The molecule has 0 aliphatic rings. The van der Waals surface area contributed by atoms with Crippen LogP contribution in [-0.2, 0) is 6.54 Å². The quantitative estimate of drug-likeness (QED) is 0.719. The number of pyridine rings is 1. The van der Waals surface area contributed by atoms with E-state index in [2.05, 4.69) is 46.9 Å². The molecule has 4 nitrogen and oxygen atoms in total. The van der Waals surface area contributed by atoms with Gasteiger partial charge in [-0.3, -0.25) is 0 Å². The van der Waals surface area contributed by atoms with Crippen LogP contribution in [-0.4, -0.2) is 49.7 Å². The van der Waals surface area contributed by atoms with E-state index in [1.807, 2.05) is 7.05 Å². The Bertz CT molecular complexity index is 407. The fourth-order valence-electron chi connectivity index (χ4n) is 2.43. The van der Waals surface area contributed by atoms with Gasteiger partial charge in [-0.05, 0) is 51.7 Å². The zero-order valence-corrected chi connectivity index (χ0v) is 14.6. The summed E-state index contributed by atoms with van der Waals surface area (Å²) in [6.07, 6.45) is 2.91. The highest BCUT2D eigenvalue weighted by Crippen LogP contribution is 2.20. The molecule has 0 radical (unpaired) electrons. The molecule has 1 N–H and O–H groups in total. The van der Waals surface area contributed by atoms with Crippen LogP contribution in [0.15, 0.2) is 12.3 Å². The van der Waals surface area contributed by atoms with Crippen LogP contribution in [0.2, 0.25) is 5.02 Å². The number of hydrogen-bond donors (Lipinski definition) is 1. The third kappa shape index (κ3) is 5.81. The van der Waals surface area contributed by atoms with Crippen molar-refractivity contribution in [2.75, 3.05) is 44.7 Å². The van der Waals surface area contributed by atoms with Crippen LogP contribution < -0.4 is 10.2 Å². The van der Waals surface area contributed by atoms with E-state index in [9.17, 15) is 0 Å². The Morgan fingerprint density at radius 2 is 1.86 bits per heavy atom. The van der Waals surface area contributed by atoms with Crippen LogP contribution >= 0.6 is 11.6 Å². The molecule has 0 amide bonds. The van der Waals surface area contributed by atoms with Gasteiger partial charge in [-0.1, -0.05) is 25.4 Å². The fraction of sp³-hybridized carbons (Fsp3) is 0.688. The summed E-state index contributed by atoms with van der Waals surface area (Å²) in [4.78, 5) is 9.26. The largest absolute Gasteiger partial charge is 0.357 e. The molecule has 0 saturated heterocycles. The standard InChI is InChI=1S/C16H29ClN4/c1-5-20(6-2)9-8-10-21(7-3)16-11-14(12-18-4)15(17)13-19-16/h11,13,18H,5-10,12H2,1-4H3. The van der Waals surface area contributed by atoms with Crippen LogP contribution in [0.3, 0.4) is 0 Å². The minimum Gasteiger partial charge on any atom is -0.357 e. The molecular formula is C16H29ClN4. The number of rotatable bonds is 10. The topological polar surface area (TPSA) is 31.4 Å². The average Bonchev–Trinajstić information content (AvgIpc) is 2.50. The second-order valence-electron chi connectivity index (χ2n) is 5.12. The van der Waals surface area contributed by atoms with Crippen LogP contribution in [0, 0.1) is 0 Å². The van der Waals surface area contributed by atoms with Crippen molar-refractivity contribution in [2.45, 2.75) is 33.7 Å². The van der Waals surface area contributed by atoms with Gasteiger partial charge in [0.1, 0.15) is 5.82 Å². The molecule has 0 atom stereocenters. The maximum absolute atomic E-state index is 6.18. The molecule has 0 fully saturated rings. The molecule has 1 rings (SSSR count). The van der Waals surface area contributed by atoms with Gasteiger partial charge >= 0.3 is 0 Å². The molecule has 1 heterocycles. The Kier molecular flexibility index (Phi) is 8.66. The predicted molar refractivity (Wildman–Crippen MR) is 92.3 cm³/mol. The Hall–Kier alpha value is -0.840. The predicted octanol–water partition coefficient (Wildman–Crippen LogP) is 3.01. The summed E-state index contributed by atoms with van der Waals surface area (Å²) in [7, 11) is 1.93. The molecule has 0 saturated carbocycles. The Morgan fingerprint density at radius 1 is 1.14 bits per heavy atom. The van der Waals surface area contributed by atoms with Gasteiger partial charge in [-0.15, -0.1) is 0 Å². The number of aromatic nitrogens is 1. The molecule has 1 aromatic rings. The number of halogens is 1. The lowest BCUT2D eigenvalue weighted by molar-refractivity contribution is 0.300. The Morgan fingerprint density at radius 3 is 2.43 bits per heavy atom. The van der Waals surface area contributed by atoms with Crippen LogP contribution in [0.5, 0.6) is 0 Å². The lowest BCUT2D eigenvalue weighted by atomic mass is 10.2. The van der Waals surface area contributed by atoms with E-state index >= 15 is 0 Å². The molecule has 5 heteroatoms. The zero-order chi connectivity index (χ0) is 15.7. The number of hydrogen-bond acceptors (Lipinski definition) is 4. The SMILES string of the molecule is CCN(CC)CCCN(CC)c1cc(CNC)c(Cl)cn1. The van der Waals surface area contributed by atoms with E-state index in [1.54, 1.807) is 6.20 Å². The second-order valence-corrected chi connectivity index (χ2v) is 5.53. The first-order chi connectivity index (χ1) is 10.2. The smallest absolute Gasteiger partial charge is 0.128 e. The molecule has 1 aromatic heterocycles. The first kappa shape index (κ1) is 18.2. The Labute approximate surface area is 134 Å². The van der Waals surface area contributed by atoms with E-state index in [1.165, 1.54) is 0 Å². The fourth-order valence-corrected chi connectivity index (χ4v) is 2.60. The molecule has 0 aliphatic carbocycles. The van der Waals surface area contributed by atoms with Crippen LogP contribution in [0.1, 0.15) is 32.8 Å². The van der Waals surface area contributed by atoms with Crippen molar-refractivity contribution in [2.24, 2.45) is 0 Å². The van der Waals surface area contributed by atoms with Gasteiger partial charge in [0.25, 0.3) is 0 Å². The van der Waals surface area contributed by atoms with Crippen molar-refractivity contribution >= 4 is 17.4 Å². The molecule has 0 aliphatic heterocycles. The van der Waals surface area contributed by atoms with E-state index in [0.29, 0.717) is 0 Å². The summed E-state index contributed by atoms with van der Waals surface area (Å²) in [5, 5.41) is 3.87. The summed E-state index contributed by atoms with van der Waals surface area (Å²) in [6, 6.07) is 2.10. The van der Waals surface area contributed by atoms with Crippen molar-refractivity contribution in [3.8, 4) is 0 Å². The summed E-state index contributed by atoms with van der Waals surface area (Å²) >= 11 is 6.18. The molecule has 21 heavy (non-hydrogen) atoms. The molecule has 0 spiro atoms. The lowest BCUT2D eigenvalue weighted by Crippen LogP contribution is -2.30. The minimum absolute atomic E-state index is 0.729. The normalized spacial score (nSPS) is 11.1. The molecule has 0 unspecified atom stereocenters. The van der Waals surface area contributed by atoms with Gasteiger partial charge in [0.15, 0.2) is 0 Å². The molecule has 0 bridgehead atoms. The van der Waals surface area contributed by atoms with Gasteiger partial charge in [0, 0.05) is 25.8 Å². The zero-order valence-electron chi connectivity index (χ0n) is 13.8. The maximum Gasteiger partial charge on any atom is 0.128 e. The number of nitrogens with one attached hydrogen (secondary N) is 1. The second kappa shape index (κ2) is 9.98. The minimum atomic E-state index is 0.729. The number of anilines is 1. The third-order valence-electron chi connectivity index (χ3n) is 3.79. The van der Waals surface area contributed by atoms with E-state index in [-0.39, 0.29) is 0 Å². The highest BCUT2D eigenvalue weighted by molar-refractivity contribution is 6.31. The highest BCUT2D eigenvalue weighted by atomic mass is 35.5. The summed E-state index contributed by atoms with van der Waals surface area (Å²) in [5.74, 6) is 1.02. The summed E-state index contributed by atoms with van der Waals surface area (Å²) < 4.78 is 0. The van der Waals surface area contributed by atoms with E-state index < -0.39 is 0 Å². The summed E-state index contributed by atoms with van der Waals surface area (Å²) in [5.41, 5.74) is 1.10. The van der Waals surface area contributed by atoms with Gasteiger partial charge in [0.2, 0.25) is 0 Å². The van der Waals surface area contributed by atoms with E-state index in [4.69, 9.17) is 11.6 Å². The lowest BCUT2D eigenvalue weighted by Gasteiger charge is -2.25. The van der Waals surface area contributed by atoms with E-state index in [0.717, 1.165) is 62.1 Å². The van der Waals surface area contributed by atoms with Crippen molar-refractivity contribution in [1.29, 1.82) is 0 Å². The van der Waals surface area contributed by atoms with Gasteiger partial charge in [-0.2, -0.15) is 0 Å². The third-order valence-corrected chi connectivity index (χ3v) is 4.13. The Balaban J connectivity index is 2.65. The monoisotopic (exact) mass is 312 g/mol. The highest BCUT2D eigenvalue weighted by Gasteiger charge is 2.09. The summed E-state index contributed by atoms with van der Waals surface area (Å²) in [6.45, 7) is 12.7. The molecule has 0 aromatic carbocycles. The van der Waals surface area contributed by atoms with Crippen molar-refractivity contribution in [3.63, 3.8) is 0 Å². The maximum atomic E-state index is 6.18. The van der Waals surface area contributed by atoms with Gasteiger partial charge in [-0.25, -0.2) is 4.98 Å². The van der Waals surface area contributed by atoms with Crippen LogP contribution in [0.4, 0.5) is 5.82 Å². The molecular weight excluding hydrogens is 284 g/mol. The number of nitrogens with zero attached hydrogens (tertiary/aromatic N) is 3. The van der Waals surface area contributed by atoms with Crippen molar-refractivity contribution < 1.29 is 0 Å². The van der Waals surface area contributed by atoms with Gasteiger partial charge < -0.3 is 15.1 Å². The first-order valence-corrected chi connectivity index (χ1v) is 8.30. The average molecular weight is 313 g/mol. The van der Waals surface area contributed by atoms with Crippen molar-refractivity contribution in [3.05, 3.63) is 22.8 Å².